The average molecular weight is 322 g/mol. The van der Waals surface area contributed by atoms with Gasteiger partial charge in [-0.15, -0.1) is 0 Å². The van der Waals surface area contributed by atoms with E-state index < -0.39 is 0 Å². The molecule has 0 spiro atoms. The highest BCUT2D eigenvalue weighted by Crippen LogP contribution is 2.38. The van der Waals surface area contributed by atoms with Gasteiger partial charge in [-0.25, -0.2) is 0 Å². The Labute approximate surface area is 144 Å². The predicted octanol–water partition coefficient (Wildman–Crippen LogP) is 5.26. The number of hydrogen-bond donors (Lipinski definition) is 0. The molecule has 3 fully saturated rings. The Balaban J connectivity index is 1.37. The summed E-state index contributed by atoms with van der Waals surface area (Å²) in [6.45, 7) is 10.7. The molecule has 1 aliphatic heterocycles. The van der Waals surface area contributed by atoms with Gasteiger partial charge in [0.2, 0.25) is 0 Å². The molecule has 0 aromatic carbocycles. The Morgan fingerprint density at radius 3 is 2.30 bits per heavy atom. The fourth-order valence-electron chi connectivity index (χ4n) is 5.44. The SMILES string of the molecule is CC(C)(C)C1CCC(OCCN2CCCC3CCCCC32)CC1. The number of hydrogen-bond acceptors (Lipinski definition) is 2. The summed E-state index contributed by atoms with van der Waals surface area (Å²) in [5.74, 6) is 1.90. The maximum Gasteiger partial charge on any atom is 0.0597 e. The number of rotatable bonds is 4. The number of likely N-dealkylation sites (tertiary alicyclic amines) is 1. The topological polar surface area (TPSA) is 12.5 Å². The van der Waals surface area contributed by atoms with Gasteiger partial charge in [-0.05, 0) is 75.2 Å². The molecule has 0 aromatic heterocycles. The van der Waals surface area contributed by atoms with Gasteiger partial charge in [0, 0.05) is 12.6 Å². The molecule has 2 saturated carbocycles. The van der Waals surface area contributed by atoms with Crippen molar-refractivity contribution in [2.24, 2.45) is 17.3 Å². The predicted molar refractivity (Wildman–Crippen MR) is 97.7 cm³/mol. The molecule has 23 heavy (non-hydrogen) atoms. The number of piperidine rings is 1. The summed E-state index contributed by atoms with van der Waals surface area (Å²) in [6, 6.07) is 0.887. The van der Waals surface area contributed by atoms with E-state index in [2.05, 4.69) is 25.7 Å². The van der Waals surface area contributed by atoms with E-state index in [0.29, 0.717) is 11.5 Å². The summed E-state index contributed by atoms with van der Waals surface area (Å²) >= 11 is 0. The molecule has 0 bridgehead atoms. The second-order valence-electron chi connectivity index (χ2n) is 9.50. The first-order valence-electron chi connectivity index (χ1n) is 10.4. The van der Waals surface area contributed by atoms with Crippen LogP contribution in [0, 0.1) is 17.3 Å². The molecule has 0 amide bonds. The molecular formula is C21H39NO. The van der Waals surface area contributed by atoms with Crippen molar-refractivity contribution in [3.8, 4) is 0 Å². The van der Waals surface area contributed by atoms with Crippen molar-refractivity contribution in [2.75, 3.05) is 19.7 Å². The summed E-state index contributed by atoms with van der Waals surface area (Å²) in [5.41, 5.74) is 0.481. The third kappa shape index (κ3) is 4.72. The zero-order chi connectivity index (χ0) is 16.3. The monoisotopic (exact) mass is 321 g/mol. The lowest BCUT2D eigenvalue weighted by atomic mass is 9.72. The molecule has 2 aliphatic carbocycles. The van der Waals surface area contributed by atoms with Gasteiger partial charge < -0.3 is 4.74 Å². The van der Waals surface area contributed by atoms with E-state index in [1.54, 1.807) is 0 Å². The van der Waals surface area contributed by atoms with Crippen LogP contribution in [-0.2, 0) is 4.74 Å². The molecule has 2 atom stereocenters. The van der Waals surface area contributed by atoms with Gasteiger partial charge in [-0.2, -0.15) is 0 Å². The van der Waals surface area contributed by atoms with Gasteiger partial charge in [0.25, 0.3) is 0 Å². The summed E-state index contributed by atoms with van der Waals surface area (Å²) in [4.78, 5) is 2.77. The van der Waals surface area contributed by atoms with Crippen molar-refractivity contribution >= 4 is 0 Å². The molecule has 3 aliphatic rings. The van der Waals surface area contributed by atoms with E-state index in [1.165, 1.54) is 77.3 Å². The number of nitrogens with zero attached hydrogens (tertiary/aromatic N) is 1. The lowest BCUT2D eigenvalue weighted by Crippen LogP contribution is -2.48. The first kappa shape index (κ1) is 17.7. The molecule has 134 valence electrons. The van der Waals surface area contributed by atoms with E-state index in [9.17, 15) is 0 Å². The van der Waals surface area contributed by atoms with Crippen LogP contribution in [0.2, 0.25) is 0 Å². The van der Waals surface area contributed by atoms with Gasteiger partial charge in [-0.3, -0.25) is 4.90 Å². The quantitative estimate of drug-likeness (QED) is 0.700. The molecule has 1 saturated heterocycles. The average Bonchev–Trinajstić information content (AvgIpc) is 2.55. The van der Waals surface area contributed by atoms with E-state index in [1.807, 2.05) is 0 Å². The molecule has 2 unspecified atom stereocenters. The van der Waals surface area contributed by atoms with Crippen LogP contribution < -0.4 is 0 Å². The highest BCUT2D eigenvalue weighted by molar-refractivity contribution is 4.87. The molecule has 0 N–H and O–H groups in total. The third-order valence-electron chi connectivity index (χ3n) is 6.99. The van der Waals surface area contributed by atoms with E-state index >= 15 is 0 Å². The maximum atomic E-state index is 6.28. The van der Waals surface area contributed by atoms with Crippen molar-refractivity contribution in [1.29, 1.82) is 0 Å². The smallest absolute Gasteiger partial charge is 0.0597 e. The van der Waals surface area contributed by atoms with Gasteiger partial charge in [-0.1, -0.05) is 33.6 Å². The van der Waals surface area contributed by atoms with Crippen molar-refractivity contribution < 1.29 is 4.74 Å². The summed E-state index contributed by atoms with van der Waals surface area (Å²) in [5, 5.41) is 0. The normalized spacial score (nSPS) is 36.7. The van der Waals surface area contributed by atoms with Crippen molar-refractivity contribution in [1.82, 2.24) is 4.90 Å². The molecule has 0 radical (unpaired) electrons. The standard InChI is InChI=1S/C21H39NO/c1-21(2,3)18-10-12-19(13-11-18)23-16-15-22-14-6-8-17-7-4-5-9-20(17)22/h17-20H,4-16H2,1-3H3. The minimum Gasteiger partial charge on any atom is -0.377 e. The minimum atomic E-state index is 0.481. The van der Waals surface area contributed by atoms with Crippen LogP contribution >= 0.6 is 0 Å². The van der Waals surface area contributed by atoms with Crippen LogP contribution in [0.1, 0.15) is 85.0 Å². The Kier molecular flexibility index (Phi) is 6.07. The lowest BCUT2D eigenvalue weighted by molar-refractivity contribution is -0.0221. The molecule has 0 aromatic rings. The first-order valence-corrected chi connectivity index (χ1v) is 10.4. The Hall–Kier alpha value is -0.0800. The van der Waals surface area contributed by atoms with Gasteiger partial charge in [0.1, 0.15) is 0 Å². The Morgan fingerprint density at radius 2 is 1.57 bits per heavy atom. The molecule has 2 heteroatoms. The van der Waals surface area contributed by atoms with Crippen molar-refractivity contribution in [2.45, 2.75) is 97.1 Å². The zero-order valence-electron chi connectivity index (χ0n) is 15.9. The van der Waals surface area contributed by atoms with Crippen LogP contribution in [0.4, 0.5) is 0 Å². The minimum absolute atomic E-state index is 0.481. The Morgan fingerprint density at radius 1 is 0.870 bits per heavy atom. The first-order chi connectivity index (χ1) is 11.0. The lowest BCUT2D eigenvalue weighted by Gasteiger charge is -2.44. The third-order valence-corrected chi connectivity index (χ3v) is 6.99. The van der Waals surface area contributed by atoms with Crippen LogP contribution in [0.5, 0.6) is 0 Å². The molecule has 1 heterocycles. The van der Waals surface area contributed by atoms with Crippen LogP contribution in [0.3, 0.4) is 0 Å². The Bertz CT molecular complexity index is 351. The van der Waals surface area contributed by atoms with Crippen LogP contribution in [0.25, 0.3) is 0 Å². The molecule has 2 nitrogen and oxygen atoms in total. The highest BCUT2D eigenvalue weighted by atomic mass is 16.5. The van der Waals surface area contributed by atoms with Gasteiger partial charge in [0.05, 0.1) is 12.7 Å². The van der Waals surface area contributed by atoms with E-state index in [4.69, 9.17) is 4.74 Å². The van der Waals surface area contributed by atoms with Crippen molar-refractivity contribution in [3.05, 3.63) is 0 Å². The van der Waals surface area contributed by atoms with Crippen molar-refractivity contribution in [3.63, 3.8) is 0 Å². The molecular weight excluding hydrogens is 282 g/mol. The highest BCUT2D eigenvalue weighted by Gasteiger charge is 2.33. The van der Waals surface area contributed by atoms with E-state index in [0.717, 1.165) is 24.5 Å². The zero-order valence-corrected chi connectivity index (χ0v) is 15.9. The summed E-state index contributed by atoms with van der Waals surface area (Å²) < 4.78 is 6.28. The van der Waals surface area contributed by atoms with E-state index in [-0.39, 0.29) is 0 Å². The fourth-order valence-corrected chi connectivity index (χ4v) is 5.44. The molecule has 3 rings (SSSR count). The van der Waals surface area contributed by atoms with Crippen LogP contribution in [0.15, 0.2) is 0 Å². The largest absolute Gasteiger partial charge is 0.377 e. The maximum absolute atomic E-state index is 6.28. The number of ether oxygens (including phenoxy) is 1. The van der Waals surface area contributed by atoms with Crippen LogP contribution in [-0.4, -0.2) is 36.7 Å². The van der Waals surface area contributed by atoms with Gasteiger partial charge >= 0.3 is 0 Å². The fraction of sp³-hybridized carbons (Fsp3) is 1.00. The number of fused-ring (bicyclic) bond motifs is 1. The second kappa shape index (κ2) is 7.87. The van der Waals surface area contributed by atoms with Gasteiger partial charge in [0.15, 0.2) is 0 Å². The summed E-state index contributed by atoms with van der Waals surface area (Å²) in [6.07, 6.45) is 14.6. The second-order valence-corrected chi connectivity index (χ2v) is 9.50. The summed E-state index contributed by atoms with van der Waals surface area (Å²) in [7, 11) is 0.